The van der Waals surface area contributed by atoms with Crippen molar-refractivity contribution in [3.8, 4) is 28.9 Å². The maximum absolute atomic E-state index is 12.4. The van der Waals surface area contributed by atoms with Gasteiger partial charge in [0, 0.05) is 30.8 Å². The summed E-state index contributed by atoms with van der Waals surface area (Å²) in [7, 11) is 0. The van der Waals surface area contributed by atoms with Gasteiger partial charge in [-0.05, 0) is 12.1 Å². The molecule has 0 saturated carbocycles. The summed E-state index contributed by atoms with van der Waals surface area (Å²) in [4.78, 5) is 14.7. The molecule has 3 aromatic rings. The fourth-order valence-electron chi connectivity index (χ4n) is 3.07. The Balaban J connectivity index is 1.46. The Morgan fingerprint density at radius 2 is 1.82 bits per heavy atom. The van der Waals surface area contributed by atoms with Gasteiger partial charge in [0.15, 0.2) is 5.43 Å². The molecular weight excluding hydrogens is 354 g/mol. The van der Waals surface area contributed by atoms with E-state index >= 15 is 0 Å². The van der Waals surface area contributed by atoms with Crippen molar-refractivity contribution in [2.75, 3.05) is 39.5 Å². The van der Waals surface area contributed by atoms with Crippen LogP contribution in [0.2, 0.25) is 0 Å². The van der Waals surface area contributed by atoms with E-state index in [1.54, 1.807) is 18.2 Å². The van der Waals surface area contributed by atoms with Gasteiger partial charge in [-0.1, -0.05) is 42.2 Å². The van der Waals surface area contributed by atoms with Crippen LogP contribution < -0.4 is 10.2 Å². The Labute approximate surface area is 163 Å². The van der Waals surface area contributed by atoms with Crippen molar-refractivity contribution >= 4 is 11.0 Å². The maximum atomic E-state index is 12.4. The zero-order chi connectivity index (χ0) is 19.2. The smallest absolute Gasteiger partial charge is 0.193 e. The lowest BCUT2D eigenvalue weighted by Gasteiger charge is -2.24. The Kier molecular flexibility index (Phi) is 5.72. The lowest BCUT2D eigenvalue weighted by Crippen LogP contribution is -2.36. The van der Waals surface area contributed by atoms with Crippen LogP contribution in [-0.2, 0) is 4.74 Å². The first-order valence-corrected chi connectivity index (χ1v) is 9.31. The van der Waals surface area contributed by atoms with Gasteiger partial charge in [0.25, 0.3) is 0 Å². The molecule has 0 bridgehead atoms. The molecule has 1 aromatic heterocycles. The van der Waals surface area contributed by atoms with E-state index in [4.69, 9.17) is 13.9 Å². The van der Waals surface area contributed by atoms with Gasteiger partial charge in [0.05, 0.1) is 25.1 Å². The Morgan fingerprint density at radius 3 is 2.64 bits per heavy atom. The molecule has 0 N–H and O–H groups in total. The molecule has 0 atom stereocenters. The zero-order valence-corrected chi connectivity index (χ0v) is 15.5. The molecule has 1 fully saturated rings. The number of ether oxygens (including phenoxy) is 2. The van der Waals surface area contributed by atoms with Crippen LogP contribution in [-0.4, -0.2) is 44.4 Å². The summed E-state index contributed by atoms with van der Waals surface area (Å²) in [6.07, 6.45) is 0. The van der Waals surface area contributed by atoms with Gasteiger partial charge in [-0.2, -0.15) is 0 Å². The van der Waals surface area contributed by atoms with Crippen LogP contribution in [0.4, 0.5) is 0 Å². The first-order chi connectivity index (χ1) is 13.8. The molecule has 0 radical (unpaired) electrons. The minimum atomic E-state index is -0.0723. The van der Waals surface area contributed by atoms with E-state index in [0.29, 0.717) is 29.1 Å². The Hall–Kier alpha value is -3.07. The van der Waals surface area contributed by atoms with Gasteiger partial charge in [-0.3, -0.25) is 9.69 Å². The number of morpholine rings is 1. The summed E-state index contributed by atoms with van der Waals surface area (Å²) in [6.45, 7) is 4.39. The van der Waals surface area contributed by atoms with Crippen molar-refractivity contribution in [1.82, 2.24) is 4.90 Å². The van der Waals surface area contributed by atoms with Crippen molar-refractivity contribution in [2.45, 2.75) is 0 Å². The maximum Gasteiger partial charge on any atom is 0.193 e. The van der Waals surface area contributed by atoms with E-state index in [-0.39, 0.29) is 5.43 Å². The van der Waals surface area contributed by atoms with E-state index in [2.05, 4.69) is 16.7 Å². The van der Waals surface area contributed by atoms with E-state index in [1.165, 1.54) is 6.07 Å². The number of benzene rings is 2. The third-order valence-corrected chi connectivity index (χ3v) is 4.60. The van der Waals surface area contributed by atoms with Gasteiger partial charge in [0.1, 0.15) is 23.7 Å². The van der Waals surface area contributed by atoms with Gasteiger partial charge in [-0.15, -0.1) is 0 Å². The Bertz CT molecular complexity index is 1060. The molecule has 0 amide bonds. The average Bonchev–Trinajstić information content (AvgIpc) is 2.74. The van der Waals surface area contributed by atoms with Crippen molar-refractivity contribution in [1.29, 1.82) is 0 Å². The second-order valence-corrected chi connectivity index (χ2v) is 6.53. The summed E-state index contributed by atoms with van der Waals surface area (Å²) < 4.78 is 17.0. The molecule has 1 aliphatic heterocycles. The van der Waals surface area contributed by atoms with Crippen molar-refractivity contribution in [3.05, 3.63) is 64.8 Å². The highest BCUT2D eigenvalue weighted by atomic mass is 16.5. The molecular formula is C23H21NO4. The SMILES string of the molecule is O=c1cc(-c2ccccc2)oc2cc(OCC#CCN3CCOCC3)ccc12. The first-order valence-electron chi connectivity index (χ1n) is 9.31. The van der Waals surface area contributed by atoms with Crippen molar-refractivity contribution in [2.24, 2.45) is 0 Å². The minimum Gasteiger partial charge on any atom is -0.481 e. The van der Waals surface area contributed by atoms with Crippen LogP contribution in [0.5, 0.6) is 5.75 Å². The number of hydrogen-bond donors (Lipinski definition) is 0. The molecule has 5 nitrogen and oxygen atoms in total. The van der Waals surface area contributed by atoms with Crippen LogP contribution in [0.3, 0.4) is 0 Å². The largest absolute Gasteiger partial charge is 0.481 e. The quantitative estimate of drug-likeness (QED) is 0.656. The highest BCUT2D eigenvalue weighted by Crippen LogP contribution is 2.24. The predicted octanol–water partition coefficient (Wildman–Crippen LogP) is 3.17. The van der Waals surface area contributed by atoms with Crippen molar-refractivity contribution < 1.29 is 13.9 Å². The lowest BCUT2D eigenvalue weighted by atomic mass is 10.1. The molecule has 2 heterocycles. The molecule has 5 heteroatoms. The van der Waals surface area contributed by atoms with Gasteiger partial charge in [-0.25, -0.2) is 0 Å². The molecule has 28 heavy (non-hydrogen) atoms. The van der Waals surface area contributed by atoms with E-state index in [1.807, 2.05) is 30.3 Å². The molecule has 0 spiro atoms. The van der Waals surface area contributed by atoms with Crippen molar-refractivity contribution in [3.63, 3.8) is 0 Å². The van der Waals surface area contributed by atoms with Gasteiger partial charge < -0.3 is 13.9 Å². The fourth-order valence-corrected chi connectivity index (χ4v) is 3.07. The zero-order valence-electron chi connectivity index (χ0n) is 15.5. The summed E-state index contributed by atoms with van der Waals surface area (Å²) >= 11 is 0. The molecule has 0 unspecified atom stereocenters. The average molecular weight is 375 g/mol. The van der Waals surface area contributed by atoms with E-state index < -0.39 is 0 Å². The fraction of sp³-hybridized carbons (Fsp3) is 0.261. The number of fused-ring (bicyclic) bond motifs is 1. The highest BCUT2D eigenvalue weighted by Gasteiger charge is 2.09. The van der Waals surface area contributed by atoms with Crippen LogP contribution >= 0.6 is 0 Å². The van der Waals surface area contributed by atoms with E-state index in [0.717, 1.165) is 38.4 Å². The predicted molar refractivity (Wildman–Crippen MR) is 108 cm³/mol. The standard InChI is InChI=1S/C23H21NO4/c25-21-17-22(18-6-2-1-3-7-18)28-23-16-19(8-9-20(21)23)27-13-5-4-10-24-11-14-26-15-12-24/h1-3,6-9,16-17H,10-15H2. The molecule has 4 rings (SSSR count). The minimum absolute atomic E-state index is 0.0723. The monoisotopic (exact) mass is 375 g/mol. The summed E-state index contributed by atoms with van der Waals surface area (Å²) in [5.41, 5.74) is 1.30. The van der Waals surface area contributed by atoms with Crippen LogP contribution in [0, 0.1) is 11.8 Å². The molecule has 2 aromatic carbocycles. The van der Waals surface area contributed by atoms with Crippen LogP contribution in [0.15, 0.2) is 63.8 Å². The van der Waals surface area contributed by atoms with Crippen LogP contribution in [0.1, 0.15) is 0 Å². The van der Waals surface area contributed by atoms with E-state index in [9.17, 15) is 4.79 Å². The Morgan fingerprint density at radius 1 is 1.00 bits per heavy atom. The number of rotatable bonds is 4. The summed E-state index contributed by atoms with van der Waals surface area (Å²) in [5, 5.41) is 0.533. The highest BCUT2D eigenvalue weighted by molar-refractivity contribution is 5.80. The number of nitrogens with zero attached hydrogens (tertiary/aromatic N) is 1. The molecule has 142 valence electrons. The topological polar surface area (TPSA) is 51.9 Å². The summed E-state index contributed by atoms with van der Waals surface area (Å²) in [5.74, 6) is 7.32. The molecule has 1 aliphatic rings. The van der Waals surface area contributed by atoms with Gasteiger partial charge >= 0.3 is 0 Å². The summed E-state index contributed by atoms with van der Waals surface area (Å²) in [6, 6.07) is 16.3. The second-order valence-electron chi connectivity index (χ2n) is 6.53. The number of hydrogen-bond acceptors (Lipinski definition) is 5. The van der Waals surface area contributed by atoms with Crippen LogP contribution in [0.25, 0.3) is 22.3 Å². The first kappa shape index (κ1) is 18.3. The molecule has 1 saturated heterocycles. The third-order valence-electron chi connectivity index (χ3n) is 4.60. The lowest BCUT2D eigenvalue weighted by molar-refractivity contribution is 0.0443. The van der Waals surface area contributed by atoms with Gasteiger partial charge in [0.2, 0.25) is 0 Å². The normalized spacial score (nSPS) is 14.4. The second kappa shape index (κ2) is 8.75. The third kappa shape index (κ3) is 4.42. The molecule has 0 aliphatic carbocycles.